The lowest BCUT2D eigenvalue weighted by molar-refractivity contribution is 1.04. The summed E-state index contributed by atoms with van der Waals surface area (Å²) in [5.41, 5.74) is 1.07. The summed E-state index contributed by atoms with van der Waals surface area (Å²) in [6, 6.07) is 7.99. The molecule has 3 heterocycles. The molecule has 3 nitrogen and oxygen atoms in total. The van der Waals surface area contributed by atoms with Gasteiger partial charge in [-0.05, 0) is 40.2 Å². The molecular weight excluding hydrogens is 266 g/mol. The third-order valence-electron chi connectivity index (χ3n) is 2.45. The minimum absolute atomic E-state index is 0.895. The Labute approximate surface area is 101 Å². The van der Waals surface area contributed by atoms with E-state index in [1.807, 2.05) is 35.2 Å². The van der Waals surface area contributed by atoms with Crippen molar-refractivity contribution in [1.29, 1.82) is 0 Å². The summed E-state index contributed by atoms with van der Waals surface area (Å²) in [4.78, 5) is 8.49. The summed E-state index contributed by atoms with van der Waals surface area (Å²) in [7, 11) is 0. The fourth-order valence-corrected chi connectivity index (χ4v) is 1.92. The van der Waals surface area contributed by atoms with Gasteiger partial charge in [-0.3, -0.25) is 9.55 Å². The highest BCUT2D eigenvalue weighted by molar-refractivity contribution is 9.10. The third-order valence-corrected chi connectivity index (χ3v) is 2.92. The lowest BCUT2D eigenvalue weighted by Gasteiger charge is -2.03. The Balaban J connectivity index is 2.22. The van der Waals surface area contributed by atoms with Gasteiger partial charge in [0.25, 0.3) is 0 Å². The highest BCUT2D eigenvalue weighted by Gasteiger charge is 2.03. The van der Waals surface area contributed by atoms with Gasteiger partial charge in [0.1, 0.15) is 5.82 Å². The largest absolute Gasteiger partial charge is 0.300 e. The first kappa shape index (κ1) is 9.54. The Morgan fingerprint density at radius 2 is 2.00 bits per heavy atom. The van der Waals surface area contributed by atoms with Crippen LogP contribution >= 0.6 is 15.9 Å². The van der Waals surface area contributed by atoms with Crippen LogP contribution in [0.2, 0.25) is 0 Å². The number of halogens is 1. The Hall–Kier alpha value is -1.68. The molecule has 0 saturated heterocycles. The van der Waals surface area contributed by atoms with E-state index >= 15 is 0 Å². The van der Waals surface area contributed by atoms with Crippen molar-refractivity contribution >= 4 is 26.8 Å². The summed E-state index contributed by atoms with van der Waals surface area (Å²) in [6.07, 6.45) is 7.43. The SMILES string of the molecule is Brc1ccc(-n2ccc3ccncc32)nc1. The second kappa shape index (κ2) is 3.72. The molecule has 3 aromatic heterocycles. The first-order valence-electron chi connectivity index (χ1n) is 4.87. The van der Waals surface area contributed by atoms with Crippen LogP contribution in [0.1, 0.15) is 0 Å². The van der Waals surface area contributed by atoms with E-state index < -0.39 is 0 Å². The van der Waals surface area contributed by atoms with Crippen molar-refractivity contribution in [3.05, 3.63) is 53.5 Å². The van der Waals surface area contributed by atoms with Crippen LogP contribution in [-0.2, 0) is 0 Å². The molecule has 0 radical (unpaired) electrons. The van der Waals surface area contributed by atoms with E-state index in [1.165, 1.54) is 5.39 Å². The summed E-state index contributed by atoms with van der Waals surface area (Å²) < 4.78 is 3.00. The van der Waals surface area contributed by atoms with Crippen LogP contribution in [0.15, 0.2) is 53.5 Å². The van der Waals surface area contributed by atoms with E-state index in [-0.39, 0.29) is 0 Å². The number of aromatic nitrogens is 3. The average molecular weight is 274 g/mol. The molecule has 16 heavy (non-hydrogen) atoms. The van der Waals surface area contributed by atoms with Crippen LogP contribution in [-0.4, -0.2) is 14.5 Å². The van der Waals surface area contributed by atoms with Gasteiger partial charge in [-0.1, -0.05) is 0 Å². The fourth-order valence-electron chi connectivity index (χ4n) is 1.68. The minimum atomic E-state index is 0.895. The van der Waals surface area contributed by atoms with Gasteiger partial charge in [0, 0.05) is 28.4 Å². The van der Waals surface area contributed by atoms with Gasteiger partial charge in [0.2, 0.25) is 0 Å². The molecule has 4 heteroatoms. The van der Waals surface area contributed by atoms with Crippen LogP contribution in [0, 0.1) is 0 Å². The normalized spacial score (nSPS) is 10.8. The van der Waals surface area contributed by atoms with Crippen molar-refractivity contribution in [1.82, 2.24) is 14.5 Å². The maximum absolute atomic E-state index is 4.36. The third kappa shape index (κ3) is 1.51. The number of rotatable bonds is 1. The molecule has 0 atom stereocenters. The number of pyridine rings is 2. The summed E-state index contributed by atoms with van der Waals surface area (Å²) in [6.45, 7) is 0. The highest BCUT2D eigenvalue weighted by Crippen LogP contribution is 2.18. The minimum Gasteiger partial charge on any atom is -0.300 e. The van der Waals surface area contributed by atoms with E-state index in [0.29, 0.717) is 0 Å². The van der Waals surface area contributed by atoms with Crippen molar-refractivity contribution in [2.45, 2.75) is 0 Å². The van der Waals surface area contributed by atoms with Crippen LogP contribution < -0.4 is 0 Å². The molecule has 0 aliphatic carbocycles. The van der Waals surface area contributed by atoms with Crippen LogP contribution in [0.3, 0.4) is 0 Å². The second-order valence-electron chi connectivity index (χ2n) is 3.45. The molecular formula is C12H8BrN3. The van der Waals surface area contributed by atoms with Gasteiger partial charge < -0.3 is 0 Å². The zero-order chi connectivity index (χ0) is 11.0. The maximum Gasteiger partial charge on any atom is 0.137 e. The van der Waals surface area contributed by atoms with Gasteiger partial charge in [0.15, 0.2) is 0 Å². The van der Waals surface area contributed by atoms with Crippen molar-refractivity contribution in [2.75, 3.05) is 0 Å². The van der Waals surface area contributed by atoms with E-state index in [0.717, 1.165) is 15.8 Å². The molecule has 3 aromatic rings. The average Bonchev–Trinajstić information content (AvgIpc) is 2.74. The summed E-state index contributed by atoms with van der Waals surface area (Å²) in [5, 5.41) is 1.17. The predicted octanol–water partition coefficient (Wildman–Crippen LogP) is 3.18. The Morgan fingerprint density at radius 1 is 1.06 bits per heavy atom. The molecule has 0 aliphatic rings. The molecule has 0 bridgehead atoms. The van der Waals surface area contributed by atoms with E-state index in [9.17, 15) is 0 Å². The van der Waals surface area contributed by atoms with Gasteiger partial charge >= 0.3 is 0 Å². The second-order valence-corrected chi connectivity index (χ2v) is 4.37. The van der Waals surface area contributed by atoms with Crippen molar-refractivity contribution in [3.63, 3.8) is 0 Å². The van der Waals surface area contributed by atoms with Crippen LogP contribution in [0.4, 0.5) is 0 Å². The van der Waals surface area contributed by atoms with Gasteiger partial charge in [-0.25, -0.2) is 4.98 Å². The van der Waals surface area contributed by atoms with Gasteiger partial charge in [0.05, 0.1) is 11.7 Å². The Kier molecular flexibility index (Phi) is 2.22. The van der Waals surface area contributed by atoms with E-state index in [4.69, 9.17) is 0 Å². The highest BCUT2D eigenvalue weighted by atomic mass is 79.9. The topological polar surface area (TPSA) is 30.7 Å². The Bertz CT molecular complexity index is 628. The van der Waals surface area contributed by atoms with Crippen molar-refractivity contribution < 1.29 is 0 Å². The van der Waals surface area contributed by atoms with E-state index in [1.54, 1.807) is 12.4 Å². The molecule has 0 unspecified atom stereocenters. The van der Waals surface area contributed by atoms with Gasteiger partial charge in [-0.15, -0.1) is 0 Å². The standard InChI is InChI=1S/C12H8BrN3/c13-10-1-2-12(15-7-10)16-6-4-9-3-5-14-8-11(9)16/h1-8H. The number of nitrogens with zero attached hydrogens (tertiary/aromatic N) is 3. The van der Waals surface area contributed by atoms with Gasteiger partial charge in [-0.2, -0.15) is 0 Å². The Morgan fingerprint density at radius 3 is 2.81 bits per heavy atom. The van der Waals surface area contributed by atoms with Crippen molar-refractivity contribution in [2.24, 2.45) is 0 Å². The van der Waals surface area contributed by atoms with Crippen molar-refractivity contribution in [3.8, 4) is 5.82 Å². The molecule has 3 rings (SSSR count). The molecule has 78 valence electrons. The molecule has 0 spiro atoms. The van der Waals surface area contributed by atoms with Crippen LogP contribution in [0.5, 0.6) is 0 Å². The molecule has 0 saturated carbocycles. The monoisotopic (exact) mass is 273 g/mol. The zero-order valence-electron chi connectivity index (χ0n) is 8.34. The fraction of sp³-hybridized carbons (Fsp3) is 0. The molecule has 0 aromatic carbocycles. The number of fused-ring (bicyclic) bond motifs is 1. The lowest BCUT2D eigenvalue weighted by Crippen LogP contribution is -1.94. The maximum atomic E-state index is 4.36. The molecule has 0 N–H and O–H groups in total. The smallest absolute Gasteiger partial charge is 0.137 e. The molecule has 0 aliphatic heterocycles. The summed E-state index contributed by atoms with van der Waals surface area (Å²) in [5.74, 6) is 0.895. The van der Waals surface area contributed by atoms with Crippen LogP contribution in [0.25, 0.3) is 16.7 Å². The lowest BCUT2D eigenvalue weighted by atomic mass is 10.3. The molecule has 0 amide bonds. The number of hydrogen-bond acceptors (Lipinski definition) is 2. The zero-order valence-corrected chi connectivity index (χ0v) is 9.92. The quantitative estimate of drug-likeness (QED) is 0.682. The molecule has 0 fully saturated rings. The first-order chi connectivity index (χ1) is 7.84. The van der Waals surface area contributed by atoms with E-state index in [2.05, 4.69) is 32.0 Å². The summed E-state index contributed by atoms with van der Waals surface area (Å²) >= 11 is 3.37. The number of hydrogen-bond donors (Lipinski definition) is 0. The first-order valence-corrected chi connectivity index (χ1v) is 5.67. The predicted molar refractivity (Wildman–Crippen MR) is 66.6 cm³/mol.